The van der Waals surface area contributed by atoms with Gasteiger partial charge in [0, 0.05) is 18.7 Å². The fourth-order valence-electron chi connectivity index (χ4n) is 2.71. The number of aromatic nitrogens is 3. The van der Waals surface area contributed by atoms with Crippen molar-refractivity contribution in [2.75, 3.05) is 17.6 Å². The van der Waals surface area contributed by atoms with Gasteiger partial charge in [-0.3, -0.25) is 19.0 Å². The summed E-state index contributed by atoms with van der Waals surface area (Å²) >= 11 is 1.24. The third-order valence-electron chi connectivity index (χ3n) is 4.26. The van der Waals surface area contributed by atoms with E-state index in [0.717, 1.165) is 11.3 Å². The second kappa shape index (κ2) is 10.4. The molecule has 9 nitrogen and oxygen atoms in total. The monoisotopic (exact) mass is 438 g/mol. The molecule has 3 aromatic rings. The summed E-state index contributed by atoms with van der Waals surface area (Å²) in [5, 5.41) is 14.0. The van der Waals surface area contributed by atoms with Crippen molar-refractivity contribution in [2.24, 2.45) is 5.73 Å². The molecule has 1 aromatic heterocycles. The van der Waals surface area contributed by atoms with Gasteiger partial charge in [-0.1, -0.05) is 41.6 Å². The highest BCUT2D eigenvalue weighted by atomic mass is 32.2. The maximum atomic E-state index is 12.5. The molecule has 0 radical (unpaired) electrons. The summed E-state index contributed by atoms with van der Waals surface area (Å²) < 4.78 is 1.80. The van der Waals surface area contributed by atoms with E-state index in [-0.39, 0.29) is 24.6 Å². The highest BCUT2D eigenvalue weighted by molar-refractivity contribution is 7.99. The number of nitrogens with two attached hydrogens (primary N) is 1. The zero-order valence-corrected chi connectivity index (χ0v) is 17.7. The number of primary amides is 1. The van der Waals surface area contributed by atoms with Gasteiger partial charge in [-0.25, -0.2) is 0 Å². The summed E-state index contributed by atoms with van der Waals surface area (Å²) in [4.78, 5) is 35.7. The zero-order chi connectivity index (χ0) is 22.2. The number of hydrogen-bond acceptors (Lipinski definition) is 6. The van der Waals surface area contributed by atoms with Crippen molar-refractivity contribution in [2.45, 2.75) is 18.5 Å². The molecular weight excluding hydrogens is 416 g/mol. The summed E-state index contributed by atoms with van der Waals surface area (Å²) in [6.07, 6.45) is 1.63. The molecule has 0 aliphatic heterocycles. The van der Waals surface area contributed by atoms with Crippen LogP contribution in [0.15, 0.2) is 60.0 Å². The van der Waals surface area contributed by atoms with Crippen LogP contribution in [0.1, 0.15) is 22.3 Å². The standard InChI is InChI=1S/C21H22N6O3S/c1-14-6-8-15(9-7-14)27-13-24-26-21(27)31-12-19(29)25-17-5-3-2-4-16(17)20(30)23-11-10-18(22)28/h2-9,13H,10-12H2,1H3,(H2,22,28)(H,23,30)(H,25,29). The van der Waals surface area contributed by atoms with Crippen LogP contribution in [0, 0.1) is 6.92 Å². The molecule has 0 aliphatic rings. The van der Waals surface area contributed by atoms with Crippen LogP contribution >= 0.6 is 11.8 Å². The lowest BCUT2D eigenvalue weighted by molar-refractivity contribution is -0.118. The van der Waals surface area contributed by atoms with Crippen molar-refractivity contribution >= 4 is 35.2 Å². The number of amides is 3. The number of aryl methyl sites for hydroxylation is 1. The first-order valence-corrected chi connectivity index (χ1v) is 10.5. The first-order chi connectivity index (χ1) is 14.9. The summed E-state index contributed by atoms with van der Waals surface area (Å²) in [6.45, 7) is 2.13. The molecule has 0 unspecified atom stereocenters. The number of carbonyl (C=O) groups is 3. The van der Waals surface area contributed by atoms with Crippen LogP contribution in [-0.2, 0) is 9.59 Å². The minimum atomic E-state index is -0.502. The van der Waals surface area contributed by atoms with Gasteiger partial charge in [0.2, 0.25) is 11.8 Å². The Balaban J connectivity index is 1.61. The first-order valence-electron chi connectivity index (χ1n) is 9.49. The van der Waals surface area contributed by atoms with Crippen molar-refractivity contribution < 1.29 is 14.4 Å². The van der Waals surface area contributed by atoms with E-state index in [4.69, 9.17) is 5.73 Å². The zero-order valence-electron chi connectivity index (χ0n) is 16.9. The Bertz CT molecular complexity index is 1080. The number of nitrogens with one attached hydrogen (secondary N) is 2. The molecule has 0 saturated heterocycles. The topological polar surface area (TPSA) is 132 Å². The molecule has 2 aromatic carbocycles. The van der Waals surface area contributed by atoms with E-state index < -0.39 is 11.8 Å². The molecule has 0 bridgehead atoms. The predicted octanol–water partition coefficient (Wildman–Crippen LogP) is 1.91. The van der Waals surface area contributed by atoms with E-state index in [1.807, 2.05) is 31.2 Å². The van der Waals surface area contributed by atoms with Crippen LogP contribution in [-0.4, -0.2) is 44.8 Å². The maximum Gasteiger partial charge on any atom is 0.253 e. The Morgan fingerprint density at radius 3 is 2.58 bits per heavy atom. The van der Waals surface area contributed by atoms with Gasteiger partial charge in [0.05, 0.1) is 17.0 Å². The molecule has 10 heteroatoms. The van der Waals surface area contributed by atoms with Gasteiger partial charge in [0.1, 0.15) is 6.33 Å². The Labute approximate surface area is 183 Å². The van der Waals surface area contributed by atoms with E-state index in [1.165, 1.54) is 11.8 Å². The SMILES string of the molecule is Cc1ccc(-n2cnnc2SCC(=O)Nc2ccccc2C(=O)NCCC(N)=O)cc1. The highest BCUT2D eigenvalue weighted by Gasteiger charge is 2.15. The number of para-hydroxylation sites is 1. The van der Waals surface area contributed by atoms with Crippen LogP contribution in [0.5, 0.6) is 0 Å². The predicted molar refractivity (Wildman–Crippen MR) is 118 cm³/mol. The van der Waals surface area contributed by atoms with Crippen LogP contribution < -0.4 is 16.4 Å². The second-order valence-electron chi connectivity index (χ2n) is 6.67. The largest absolute Gasteiger partial charge is 0.370 e. The Morgan fingerprint density at radius 1 is 1.10 bits per heavy atom. The molecule has 3 amide bonds. The van der Waals surface area contributed by atoms with Gasteiger partial charge < -0.3 is 16.4 Å². The normalized spacial score (nSPS) is 10.5. The van der Waals surface area contributed by atoms with E-state index >= 15 is 0 Å². The molecular formula is C21H22N6O3S. The van der Waals surface area contributed by atoms with Gasteiger partial charge in [-0.2, -0.15) is 0 Å². The number of thioether (sulfide) groups is 1. The maximum absolute atomic E-state index is 12.5. The van der Waals surface area contributed by atoms with Crippen molar-refractivity contribution in [3.8, 4) is 5.69 Å². The molecule has 1 heterocycles. The Hall–Kier alpha value is -3.66. The molecule has 0 fully saturated rings. The molecule has 0 aliphatic carbocycles. The lowest BCUT2D eigenvalue weighted by Gasteiger charge is -2.11. The number of anilines is 1. The van der Waals surface area contributed by atoms with E-state index in [0.29, 0.717) is 16.4 Å². The van der Waals surface area contributed by atoms with Crippen LogP contribution in [0.3, 0.4) is 0 Å². The fourth-order valence-corrected chi connectivity index (χ4v) is 3.44. The summed E-state index contributed by atoms with van der Waals surface area (Å²) in [6, 6.07) is 14.5. The molecule has 4 N–H and O–H groups in total. The molecule has 0 spiro atoms. The fraction of sp³-hybridized carbons (Fsp3) is 0.190. The second-order valence-corrected chi connectivity index (χ2v) is 7.62. The number of carbonyl (C=O) groups excluding carboxylic acids is 3. The Kier molecular flexibility index (Phi) is 7.39. The summed E-state index contributed by atoms with van der Waals surface area (Å²) in [5.41, 5.74) is 7.80. The third kappa shape index (κ3) is 6.16. The third-order valence-corrected chi connectivity index (χ3v) is 5.21. The minimum absolute atomic E-state index is 0.0402. The van der Waals surface area contributed by atoms with E-state index in [2.05, 4.69) is 20.8 Å². The quantitative estimate of drug-likeness (QED) is 0.437. The lowest BCUT2D eigenvalue weighted by atomic mass is 10.1. The van der Waals surface area contributed by atoms with Gasteiger partial charge in [-0.05, 0) is 31.2 Å². The number of nitrogens with zero attached hydrogens (tertiary/aromatic N) is 3. The van der Waals surface area contributed by atoms with Crippen LogP contribution in [0.2, 0.25) is 0 Å². The highest BCUT2D eigenvalue weighted by Crippen LogP contribution is 2.21. The smallest absolute Gasteiger partial charge is 0.253 e. The number of benzene rings is 2. The minimum Gasteiger partial charge on any atom is -0.370 e. The molecule has 160 valence electrons. The van der Waals surface area contributed by atoms with Crippen LogP contribution in [0.4, 0.5) is 5.69 Å². The van der Waals surface area contributed by atoms with E-state index in [1.54, 1.807) is 35.2 Å². The first kappa shape index (κ1) is 22.0. The van der Waals surface area contributed by atoms with Crippen molar-refractivity contribution in [3.05, 3.63) is 66.0 Å². The molecule has 0 atom stereocenters. The average Bonchev–Trinajstić information content (AvgIpc) is 3.21. The summed E-state index contributed by atoms with van der Waals surface area (Å²) in [5.74, 6) is -1.11. The molecule has 31 heavy (non-hydrogen) atoms. The van der Waals surface area contributed by atoms with E-state index in [9.17, 15) is 14.4 Å². The molecule has 0 saturated carbocycles. The van der Waals surface area contributed by atoms with Gasteiger partial charge in [0.15, 0.2) is 5.16 Å². The number of rotatable bonds is 9. The van der Waals surface area contributed by atoms with Gasteiger partial charge in [0.25, 0.3) is 5.91 Å². The van der Waals surface area contributed by atoms with Crippen molar-refractivity contribution in [1.29, 1.82) is 0 Å². The van der Waals surface area contributed by atoms with Crippen LogP contribution in [0.25, 0.3) is 5.69 Å². The van der Waals surface area contributed by atoms with Crippen molar-refractivity contribution in [1.82, 2.24) is 20.1 Å². The van der Waals surface area contributed by atoms with Gasteiger partial charge >= 0.3 is 0 Å². The molecule has 3 rings (SSSR count). The average molecular weight is 439 g/mol. The van der Waals surface area contributed by atoms with Gasteiger partial charge in [-0.15, -0.1) is 10.2 Å². The summed E-state index contributed by atoms with van der Waals surface area (Å²) in [7, 11) is 0. The Morgan fingerprint density at radius 2 is 1.84 bits per heavy atom. The lowest BCUT2D eigenvalue weighted by Crippen LogP contribution is -2.29. The van der Waals surface area contributed by atoms with Crippen molar-refractivity contribution in [3.63, 3.8) is 0 Å². The number of hydrogen-bond donors (Lipinski definition) is 3.